The number of anilines is 1. The molecule has 1 amide bonds. The van der Waals surface area contributed by atoms with Crippen LogP contribution in [0.3, 0.4) is 0 Å². The lowest BCUT2D eigenvalue weighted by atomic mass is 10.1. The van der Waals surface area contributed by atoms with E-state index in [4.69, 9.17) is 17.3 Å². The predicted octanol–water partition coefficient (Wildman–Crippen LogP) is 3.16. The summed E-state index contributed by atoms with van der Waals surface area (Å²) in [6.07, 6.45) is 0.948. The van der Waals surface area contributed by atoms with Crippen LogP contribution in [0.5, 0.6) is 0 Å². The molecule has 1 fully saturated rings. The third-order valence-corrected chi connectivity index (χ3v) is 5.17. The maximum atomic E-state index is 12.1. The minimum absolute atomic E-state index is 0. The molecule has 1 saturated heterocycles. The van der Waals surface area contributed by atoms with Gasteiger partial charge in [-0.15, -0.1) is 12.4 Å². The lowest BCUT2D eigenvalue weighted by Crippen LogP contribution is -2.47. The van der Waals surface area contributed by atoms with Gasteiger partial charge in [-0.05, 0) is 48.9 Å². The molecule has 0 saturated carbocycles. The molecular weight excluding hydrogens is 395 g/mol. The highest BCUT2D eigenvalue weighted by Crippen LogP contribution is 2.20. The van der Waals surface area contributed by atoms with Crippen LogP contribution >= 0.6 is 24.0 Å². The number of nitrogens with zero attached hydrogens (tertiary/aromatic N) is 2. The van der Waals surface area contributed by atoms with E-state index in [0.29, 0.717) is 18.7 Å². The van der Waals surface area contributed by atoms with Crippen LogP contribution in [-0.2, 0) is 6.54 Å². The third kappa shape index (κ3) is 6.38. The average molecular weight is 423 g/mol. The van der Waals surface area contributed by atoms with Crippen molar-refractivity contribution in [3.63, 3.8) is 0 Å². The molecule has 2 aromatic rings. The van der Waals surface area contributed by atoms with E-state index < -0.39 is 0 Å². The Morgan fingerprint density at radius 1 is 1.07 bits per heavy atom. The first kappa shape index (κ1) is 22.5. The molecule has 1 aliphatic rings. The summed E-state index contributed by atoms with van der Waals surface area (Å²) < 4.78 is 0. The Labute approximate surface area is 178 Å². The minimum atomic E-state index is -0.0238. The molecule has 0 atom stereocenters. The second kappa shape index (κ2) is 11.3. The second-order valence-electron chi connectivity index (χ2n) is 6.82. The topological polar surface area (TPSA) is 61.6 Å². The van der Waals surface area contributed by atoms with Crippen LogP contribution in [0.25, 0.3) is 0 Å². The van der Waals surface area contributed by atoms with E-state index >= 15 is 0 Å². The zero-order valence-corrected chi connectivity index (χ0v) is 17.5. The van der Waals surface area contributed by atoms with E-state index in [0.717, 1.165) is 49.7 Å². The summed E-state index contributed by atoms with van der Waals surface area (Å²) in [4.78, 5) is 17.0. The predicted molar refractivity (Wildman–Crippen MR) is 119 cm³/mol. The number of carbonyl (C=O) groups is 1. The van der Waals surface area contributed by atoms with Gasteiger partial charge in [0.05, 0.1) is 0 Å². The number of hydrogen-bond acceptors (Lipinski definition) is 4. The number of rotatable bonds is 7. The first-order valence-corrected chi connectivity index (χ1v) is 9.83. The number of nitrogens with one attached hydrogen (secondary N) is 1. The van der Waals surface area contributed by atoms with E-state index in [1.165, 1.54) is 5.69 Å². The maximum absolute atomic E-state index is 12.1. The molecule has 5 nitrogen and oxygen atoms in total. The Bertz CT molecular complexity index is 746. The molecule has 152 valence electrons. The summed E-state index contributed by atoms with van der Waals surface area (Å²) in [5.41, 5.74) is 8.48. The molecule has 0 aromatic heterocycles. The molecule has 1 heterocycles. The van der Waals surface area contributed by atoms with Crippen molar-refractivity contribution < 1.29 is 4.79 Å². The Morgan fingerprint density at radius 3 is 2.43 bits per heavy atom. The van der Waals surface area contributed by atoms with Gasteiger partial charge in [0.1, 0.15) is 0 Å². The summed E-state index contributed by atoms with van der Waals surface area (Å²) >= 11 is 6.08. The van der Waals surface area contributed by atoms with Gasteiger partial charge in [-0.1, -0.05) is 29.8 Å². The number of nitrogens with two attached hydrogens (primary N) is 1. The normalized spacial score (nSPS) is 14.4. The van der Waals surface area contributed by atoms with Gasteiger partial charge in [-0.3, -0.25) is 9.69 Å². The standard InChI is InChI=1S/C21H27ClN4O.ClH/c22-19-3-1-4-20(15-19)26-13-11-25(12-14-26)10-2-9-24-21(27)18-7-5-17(16-23)6-8-18;/h1,3-8,15H,2,9-14,16,23H2,(H,24,27);1H. The summed E-state index contributed by atoms with van der Waals surface area (Å²) in [6, 6.07) is 15.5. The van der Waals surface area contributed by atoms with Crippen LogP contribution in [0.15, 0.2) is 48.5 Å². The molecule has 0 bridgehead atoms. The number of halogens is 2. The first-order valence-electron chi connectivity index (χ1n) is 9.46. The highest BCUT2D eigenvalue weighted by molar-refractivity contribution is 6.30. The fraction of sp³-hybridized carbons (Fsp3) is 0.381. The third-order valence-electron chi connectivity index (χ3n) is 4.93. The number of amides is 1. The lowest BCUT2D eigenvalue weighted by Gasteiger charge is -2.36. The fourth-order valence-electron chi connectivity index (χ4n) is 3.30. The fourth-order valence-corrected chi connectivity index (χ4v) is 3.49. The Kier molecular flexibility index (Phi) is 9.06. The number of carbonyl (C=O) groups excluding carboxylic acids is 1. The molecule has 0 spiro atoms. The molecule has 2 aromatic carbocycles. The molecule has 0 unspecified atom stereocenters. The Hall–Kier alpha value is -1.79. The van der Waals surface area contributed by atoms with Crippen LogP contribution in [0, 0.1) is 0 Å². The van der Waals surface area contributed by atoms with Crippen molar-refractivity contribution in [2.24, 2.45) is 5.73 Å². The van der Waals surface area contributed by atoms with Gasteiger partial charge in [0.2, 0.25) is 0 Å². The molecule has 3 N–H and O–H groups in total. The van der Waals surface area contributed by atoms with E-state index in [1.807, 2.05) is 42.5 Å². The van der Waals surface area contributed by atoms with E-state index in [2.05, 4.69) is 21.2 Å². The summed E-state index contributed by atoms with van der Waals surface area (Å²) in [5, 5.41) is 3.78. The van der Waals surface area contributed by atoms with Crippen LogP contribution in [0.1, 0.15) is 22.3 Å². The van der Waals surface area contributed by atoms with Crippen molar-refractivity contribution >= 4 is 35.6 Å². The van der Waals surface area contributed by atoms with Crippen LogP contribution in [-0.4, -0.2) is 50.1 Å². The van der Waals surface area contributed by atoms with Crippen LogP contribution in [0.2, 0.25) is 5.02 Å². The van der Waals surface area contributed by atoms with Crippen molar-refractivity contribution in [1.29, 1.82) is 0 Å². The molecule has 1 aliphatic heterocycles. The maximum Gasteiger partial charge on any atom is 0.251 e. The van der Waals surface area contributed by atoms with Crippen molar-refractivity contribution in [2.45, 2.75) is 13.0 Å². The number of piperazine rings is 1. The largest absolute Gasteiger partial charge is 0.369 e. The van der Waals surface area contributed by atoms with E-state index in [9.17, 15) is 4.79 Å². The zero-order valence-electron chi connectivity index (χ0n) is 15.9. The van der Waals surface area contributed by atoms with E-state index in [-0.39, 0.29) is 18.3 Å². The monoisotopic (exact) mass is 422 g/mol. The van der Waals surface area contributed by atoms with Gasteiger partial charge < -0.3 is 16.0 Å². The lowest BCUT2D eigenvalue weighted by molar-refractivity contribution is 0.0951. The molecule has 28 heavy (non-hydrogen) atoms. The van der Waals surface area contributed by atoms with Gasteiger partial charge in [-0.25, -0.2) is 0 Å². The van der Waals surface area contributed by atoms with Crippen molar-refractivity contribution in [3.8, 4) is 0 Å². The minimum Gasteiger partial charge on any atom is -0.369 e. The summed E-state index contributed by atoms with van der Waals surface area (Å²) in [7, 11) is 0. The molecule has 7 heteroatoms. The summed E-state index contributed by atoms with van der Waals surface area (Å²) in [6.45, 7) is 6.23. The SMILES string of the molecule is Cl.NCc1ccc(C(=O)NCCCN2CCN(c3cccc(Cl)c3)CC2)cc1. The highest BCUT2D eigenvalue weighted by atomic mass is 35.5. The van der Waals surface area contributed by atoms with Gasteiger partial charge in [0.15, 0.2) is 0 Å². The second-order valence-corrected chi connectivity index (χ2v) is 7.26. The van der Waals surface area contributed by atoms with Crippen LogP contribution in [0.4, 0.5) is 5.69 Å². The van der Waals surface area contributed by atoms with Gasteiger partial charge >= 0.3 is 0 Å². The zero-order chi connectivity index (χ0) is 19.1. The van der Waals surface area contributed by atoms with Gasteiger partial charge in [0, 0.05) is 55.5 Å². The molecular formula is C21H28Cl2N4O. The quantitative estimate of drug-likeness (QED) is 0.672. The Balaban J connectivity index is 0.00000280. The highest BCUT2D eigenvalue weighted by Gasteiger charge is 2.17. The number of benzene rings is 2. The smallest absolute Gasteiger partial charge is 0.251 e. The van der Waals surface area contributed by atoms with Gasteiger partial charge in [0.25, 0.3) is 5.91 Å². The molecule has 0 radical (unpaired) electrons. The molecule has 0 aliphatic carbocycles. The van der Waals surface area contributed by atoms with Crippen molar-refractivity contribution in [1.82, 2.24) is 10.2 Å². The summed E-state index contributed by atoms with van der Waals surface area (Å²) in [5.74, 6) is -0.0238. The molecule has 3 rings (SSSR count). The first-order chi connectivity index (χ1) is 13.2. The van der Waals surface area contributed by atoms with Crippen molar-refractivity contribution in [2.75, 3.05) is 44.2 Å². The Morgan fingerprint density at radius 2 is 1.79 bits per heavy atom. The van der Waals surface area contributed by atoms with Crippen molar-refractivity contribution in [3.05, 3.63) is 64.7 Å². The van der Waals surface area contributed by atoms with Crippen LogP contribution < -0.4 is 16.0 Å². The average Bonchev–Trinajstić information content (AvgIpc) is 2.71. The van der Waals surface area contributed by atoms with E-state index in [1.54, 1.807) is 0 Å². The van der Waals surface area contributed by atoms with Gasteiger partial charge in [-0.2, -0.15) is 0 Å². The number of hydrogen-bond donors (Lipinski definition) is 2.